The first-order chi connectivity index (χ1) is 6.63. The molecule has 0 bridgehead atoms. The third kappa shape index (κ3) is 2.72. The standard InChI is InChI=1S/C9H11NO4/c1-2-9(11)14-8-5-3-7(4-6-8)10(12)13/h3-6,12-13H,2H2,1H3. The second-order valence-electron chi connectivity index (χ2n) is 2.61. The highest BCUT2D eigenvalue weighted by molar-refractivity contribution is 5.72. The zero-order chi connectivity index (χ0) is 10.6. The van der Waals surface area contributed by atoms with Crippen molar-refractivity contribution in [2.45, 2.75) is 13.3 Å². The van der Waals surface area contributed by atoms with E-state index in [1.165, 1.54) is 24.3 Å². The number of rotatable bonds is 3. The molecule has 2 N–H and O–H groups in total. The number of nitrogens with zero attached hydrogens (tertiary/aromatic N) is 1. The highest BCUT2D eigenvalue weighted by Gasteiger charge is 2.02. The number of carbonyl (C=O) groups is 1. The minimum Gasteiger partial charge on any atom is -0.427 e. The van der Waals surface area contributed by atoms with E-state index in [0.717, 1.165) is 0 Å². The van der Waals surface area contributed by atoms with Gasteiger partial charge in [0, 0.05) is 6.42 Å². The Morgan fingerprint density at radius 2 is 1.93 bits per heavy atom. The largest absolute Gasteiger partial charge is 0.427 e. The monoisotopic (exact) mass is 197 g/mol. The van der Waals surface area contributed by atoms with Crippen LogP contribution in [0.3, 0.4) is 0 Å². The lowest BCUT2D eigenvalue weighted by atomic mass is 10.3. The van der Waals surface area contributed by atoms with Crippen LogP contribution in [0.1, 0.15) is 13.3 Å². The molecule has 0 fully saturated rings. The van der Waals surface area contributed by atoms with Crippen LogP contribution in [0, 0.1) is 0 Å². The molecule has 1 aromatic carbocycles. The molecule has 14 heavy (non-hydrogen) atoms. The van der Waals surface area contributed by atoms with Crippen molar-refractivity contribution in [2.24, 2.45) is 0 Å². The van der Waals surface area contributed by atoms with E-state index in [1.807, 2.05) is 0 Å². The Bertz CT molecular complexity index is 307. The lowest BCUT2D eigenvalue weighted by Crippen LogP contribution is -2.11. The molecule has 0 aliphatic heterocycles. The maximum atomic E-state index is 10.9. The molecule has 0 atom stereocenters. The maximum Gasteiger partial charge on any atom is 0.310 e. The summed E-state index contributed by atoms with van der Waals surface area (Å²) in [5.41, 5.74) is 0.196. The highest BCUT2D eigenvalue weighted by atomic mass is 16.8. The van der Waals surface area contributed by atoms with Crippen LogP contribution in [0.5, 0.6) is 5.75 Å². The van der Waals surface area contributed by atoms with E-state index < -0.39 is 0 Å². The molecule has 0 saturated carbocycles. The molecule has 0 spiro atoms. The lowest BCUT2D eigenvalue weighted by Gasteiger charge is -2.08. The van der Waals surface area contributed by atoms with Crippen LogP contribution in [-0.4, -0.2) is 16.4 Å². The summed E-state index contributed by atoms with van der Waals surface area (Å²) in [4.78, 5) is 10.9. The highest BCUT2D eigenvalue weighted by Crippen LogP contribution is 2.17. The molecular weight excluding hydrogens is 186 g/mol. The smallest absolute Gasteiger partial charge is 0.310 e. The topological polar surface area (TPSA) is 70.0 Å². The van der Waals surface area contributed by atoms with Gasteiger partial charge in [-0.2, -0.15) is 0 Å². The van der Waals surface area contributed by atoms with E-state index in [0.29, 0.717) is 12.2 Å². The van der Waals surface area contributed by atoms with Crippen LogP contribution in [0.25, 0.3) is 0 Å². The van der Waals surface area contributed by atoms with Gasteiger partial charge >= 0.3 is 5.97 Å². The first kappa shape index (κ1) is 10.5. The van der Waals surface area contributed by atoms with Gasteiger partial charge in [0.05, 0.1) is 5.69 Å². The van der Waals surface area contributed by atoms with Crippen LogP contribution in [0.4, 0.5) is 5.69 Å². The fourth-order valence-corrected chi connectivity index (χ4v) is 0.851. The van der Waals surface area contributed by atoms with E-state index in [2.05, 4.69) is 0 Å². The fraction of sp³-hybridized carbons (Fsp3) is 0.222. The van der Waals surface area contributed by atoms with E-state index in [1.54, 1.807) is 6.92 Å². The van der Waals surface area contributed by atoms with Crippen molar-refractivity contribution in [1.82, 2.24) is 0 Å². The van der Waals surface area contributed by atoms with Crippen LogP contribution in [-0.2, 0) is 4.79 Å². The Morgan fingerprint density at radius 3 is 2.36 bits per heavy atom. The third-order valence-electron chi connectivity index (χ3n) is 1.59. The Hall–Kier alpha value is -1.59. The summed E-state index contributed by atoms with van der Waals surface area (Å²) in [6, 6.07) is 5.78. The second kappa shape index (κ2) is 4.59. The van der Waals surface area contributed by atoms with Gasteiger partial charge in [-0.3, -0.25) is 15.2 Å². The van der Waals surface area contributed by atoms with Gasteiger partial charge in [0.15, 0.2) is 0 Å². The molecule has 0 aliphatic carbocycles. The molecule has 0 amide bonds. The first-order valence-electron chi connectivity index (χ1n) is 4.12. The average Bonchev–Trinajstić information content (AvgIpc) is 2.18. The Balaban J connectivity index is 2.69. The van der Waals surface area contributed by atoms with Gasteiger partial charge in [0.1, 0.15) is 5.75 Å². The zero-order valence-electron chi connectivity index (χ0n) is 7.67. The molecule has 0 heterocycles. The van der Waals surface area contributed by atoms with Gasteiger partial charge in [-0.1, -0.05) is 6.92 Å². The molecule has 0 aromatic heterocycles. The number of carbonyl (C=O) groups excluding carboxylic acids is 1. The van der Waals surface area contributed by atoms with E-state index in [9.17, 15) is 4.79 Å². The van der Waals surface area contributed by atoms with E-state index in [-0.39, 0.29) is 16.9 Å². The quantitative estimate of drug-likeness (QED) is 0.437. The van der Waals surface area contributed by atoms with Gasteiger partial charge in [-0.05, 0) is 24.3 Å². The van der Waals surface area contributed by atoms with Crippen molar-refractivity contribution in [3.8, 4) is 5.75 Å². The predicted octanol–water partition coefficient (Wildman–Crippen LogP) is 1.59. The number of benzene rings is 1. The SMILES string of the molecule is CCC(=O)Oc1ccc(N(O)O)cc1. The minimum absolute atomic E-state index is 0.00851. The minimum atomic E-state index is -0.331. The molecule has 0 unspecified atom stereocenters. The molecule has 0 radical (unpaired) electrons. The van der Waals surface area contributed by atoms with Crippen molar-refractivity contribution in [2.75, 3.05) is 5.23 Å². The summed E-state index contributed by atoms with van der Waals surface area (Å²) in [7, 11) is 0. The normalized spacial score (nSPS) is 9.64. The summed E-state index contributed by atoms with van der Waals surface area (Å²) in [6.07, 6.45) is 0.299. The molecule has 0 aliphatic rings. The van der Waals surface area contributed by atoms with Gasteiger partial charge in [-0.15, -0.1) is 5.23 Å². The number of hydrogen-bond donors (Lipinski definition) is 2. The molecule has 5 nitrogen and oxygen atoms in total. The van der Waals surface area contributed by atoms with E-state index in [4.69, 9.17) is 15.2 Å². The van der Waals surface area contributed by atoms with Gasteiger partial charge in [-0.25, -0.2) is 0 Å². The summed E-state index contributed by atoms with van der Waals surface area (Å²) >= 11 is 0. The van der Waals surface area contributed by atoms with Gasteiger partial charge < -0.3 is 4.74 Å². The van der Waals surface area contributed by atoms with Crippen LogP contribution < -0.4 is 9.96 Å². The van der Waals surface area contributed by atoms with Crippen molar-refractivity contribution >= 4 is 11.7 Å². The lowest BCUT2D eigenvalue weighted by molar-refractivity contribution is -0.134. The third-order valence-corrected chi connectivity index (χ3v) is 1.59. The summed E-state index contributed by atoms with van der Waals surface area (Å²) in [6.45, 7) is 1.69. The van der Waals surface area contributed by atoms with Crippen LogP contribution >= 0.6 is 0 Å². The number of anilines is 1. The molecule has 1 rings (SSSR count). The Kier molecular flexibility index (Phi) is 3.44. The summed E-state index contributed by atoms with van der Waals surface area (Å²) in [5, 5.41) is 17.2. The van der Waals surface area contributed by atoms with Crippen molar-refractivity contribution in [1.29, 1.82) is 0 Å². The molecule has 76 valence electrons. The first-order valence-corrected chi connectivity index (χ1v) is 4.12. The van der Waals surface area contributed by atoms with Crippen molar-refractivity contribution < 1.29 is 19.9 Å². The van der Waals surface area contributed by atoms with E-state index >= 15 is 0 Å². The van der Waals surface area contributed by atoms with Crippen molar-refractivity contribution in [3.05, 3.63) is 24.3 Å². The van der Waals surface area contributed by atoms with Crippen molar-refractivity contribution in [3.63, 3.8) is 0 Å². The molecule has 5 heteroatoms. The van der Waals surface area contributed by atoms with Gasteiger partial charge in [0.25, 0.3) is 0 Å². The summed E-state index contributed by atoms with van der Waals surface area (Å²) in [5.74, 6) is 0.0463. The van der Waals surface area contributed by atoms with Crippen LogP contribution in [0.15, 0.2) is 24.3 Å². The number of esters is 1. The molecular formula is C9H11NO4. The second-order valence-corrected chi connectivity index (χ2v) is 2.61. The summed E-state index contributed by atoms with van der Waals surface area (Å²) < 4.78 is 4.88. The molecule has 0 saturated heterocycles. The average molecular weight is 197 g/mol. The maximum absolute atomic E-state index is 10.9. The van der Waals surface area contributed by atoms with Gasteiger partial charge in [0.2, 0.25) is 0 Å². The molecule has 1 aromatic rings. The zero-order valence-corrected chi connectivity index (χ0v) is 7.67. The predicted molar refractivity (Wildman–Crippen MR) is 48.4 cm³/mol. The fourth-order valence-electron chi connectivity index (χ4n) is 0.851. The Morgan fingerprint density at radius 1 is 1.36 bits per heavy atom. The number of ether oxygens (including phenoxy) is 1. The Labute approximate surface area is 81.1 Å². The number of hydrogen-bond acceptors (Lipinski definition) is 5. The van der Waals surface area contributed by atoms with Crippen LogP contribution in [0.2, 0.25) is 0 Å².